The fourth-order valence-corrected chi connectivity index (χ4v) is 10.8. The molecule has 3 atom stereocenters. The molecule has 1 unspecified atom stereocenters. The van der Waals surface area contributed by atoms with Crippen LogP contribution in [0.1, 0.15) is 105 Å². The van der Waals surface area contributed by atoms with Crippen molar-refractivity contribution in [2.75, 3.05) is 169 Å². The highest BCUT2D eigenvalue weighted by Crippen LogP contribution is 2.39. The van der Waals surface area contributed by atoms with Crippen molar-refractivity contribution in [2.45, 2.75) is 96.2 Å². The van der Waals surface area contributed by atoms with Crippen LogP contribution in [0, 0.1) is 19.3 Å². The van der Waals surface area contributed by atoms with Gasteiger partial charge in [-0.3, -0.25) is 14.4 Å². The summed E-state index contributed by atoms with van der Waals surface area (Å²) in [5, 5.41) is 5.27. The summed E-state index contributed by atoms with van der Waals surface area (Å²) >= 11 is 6.32. The second-order valence-electron chi connectivity index (χ2n) is 21.2. The van der Waals surface area contributed by atoms with E-state index in [4.69, 9.17) is 70.7 Å². The zero-order valence-electron chi connectivity index (χ0n) is 47.3. The van der Waals surface area contributed by atoms with Gasteiger partial charge in [0.15, 0.2) is 5.65 Å². The minimum atomic E-state index is -3.65. The molecule has 1 aliphatic carbocycles. The highest BCUT2D eigenvalue weighted by molar-refractivity contribution is 7.92. The lowest BCUT2D eigenvalue weighted by Crippen LogP contribution is -2.48. The summed E-state index contributed by atoms with van der Waals surface area (Å²) in [4.78, 5) is 41.9. The molecule has 79 heavy (non-hydrogen) atoms. The van der Waals surface area contributed by atoms with Gasteiger partial charge in [0.05, 0.1) is 134 Å². The smallest absolute Gasteiger partial charge is 0.410 e. The number of amides is 2. The number of carbonyl (C=O) groups excluding carboxylic acids is 2. The Labute approximate surface area is 473 Å². The van der Waals surface area contributed by atoms with Crippen LogP contribution in [0.15, 0.2) is 30.5 Å². The quantitative estimate of drug-likeness (QED) is 0.0523. The number of aryl methyl sites for hydroxylation is 1. The molecule has 6 rings (SSSR count). The molecule has 2 saturated heterocycles. The first-order valence-corrected chi connectivity index (χ1v) is 30.3. The largest absolute Gasteiger partial charge is 0.444 e. The van der Waals surface area contributed by atoms with E-state index in [1.165, 1.54) is 12.1 Å². The predicted molar refractivity (Wildman–Crippen MR) is 301 cm³/mol. The van der Waals surface area contributed by atoms with Gasteiger partial charge in [0.2, 0.25) is 10.0 Å². The number of fused-ring (bicyclic) bond motifs is 1. The van der Waals surface area contributed by atoms with Crippen LogP contribution >= 0.6 is 11.6 Å². The molecule has 1 aromatic carbocycles. The van der Waals surface area contributed by atoms with Gasteiger partial charge in [-0.05, 0) is 103 Å². The third-order valence-corrected chi connectivity index (χ3v) is 14.7. The maximum Gasteiger partial charge on any atom is 0.410 e. The zero-order chi connectivity index (χ0) is 56.5. The summed E-state index contributed by atoms with van der Waals surface area (Å²) in [6.07, 6.45) is 13.7. The van der Waals surface area contributed by atoms with E-state index in [1.54, 1.807) is 15.5 Å². The maximum atomic E-state index is 14.2. The molecule has 3 aliphatic rings. The standard InChI is InChI=1S/C56H87ClN8O13S/c1-7-24-70-26-28-72-30-32-74-34-36-76-38-39-77-37-35-75-33-31-73-29-27-71-25-23-62-21-19-61(20-22-62)16-10-18-63(55(67)78-56(3,4)5)47-14-12-45(40-47)53-44(2)43-65-52(58-53)42-50(59-65)51-11-8-9-17-64(51)54(66)48-41-46(57)13-15-49(48)60-79(6,68)69/h1,13,15,41-43,45,47,51,60H,8-12,14,16-40H2,2-6H3/t45?,47-,51-/m0/s1. The zero-order valence-corrected chi connectivity index (χ0v) is 48.9. The molecule has 442 valence electrons. The van der Waals surface area contributed by atoms with Crippen molar-refractivity contribution >= 4 is 45.0 Å². The number of sulfonamides is 1. The van der Waals surface area contributed by atoms with E-state index in [1.807, 2.05) is 37.9 Å². The molecule has 3 aromatic rings. The van der Waals surface area contributed by atoms with E-state index < -0.39 is 15.6 Å². The summed E-state index contributed by atoms with van der Waals surface area (Å²) in [7, 11) is -3.65. The first-order valence-electron chi connectivity index (χ1n) is 28.0. The Balaban J connectivity index is 0.848. The Bertz CT molecular complexity index is 2470. The number of likely N-dealkylation sites (tertiary alicyclic amines) is 1. The van der Waals surface area contributed by atoms with E-state index in [0.717, 1.165) is 101 Å². The lowest BCUT2D eigenvalue weighted by atomic mass is 9.97. The Morgan fingerprint density at radius 1 is 0.772 bits per heavy atom. The van der Waals surface area contributed by atoms with Gasteiger partial charge in [-0.15, -0.1) is 6.42 Å². The first-order chi connectivity index (χ1) is 38.1. The average Bonchev–Trinajstić information content (AvgIpc) is 4.15. The van der Waals surface area contributed by atoms with Crippen molar-refractivity contribution < 1.29 is 60.6 Å². The molecule has 4 heterocycles. The summed E-state index contributed by atoms with van der Waals surface area (Å²) in [6, 6.07) is 6.21. The number of ether oxygens (including phenoxy) is 9. The number of piperazine rings is 1. The second-order valence-corrected chi connectivity index (χ2v) is 23.4. The average molecular weight is 1150 g/mol. The van der Waals surface area contributed by atoms with Crippen LogP contribution in [0.5, 0.6) is 0 Å². The van der Waals surface area contributed by atoms with Crippen molar-refractivity contribution in [2.24, 2.45) is 0 Å². The third-order valence-electron chi connectivity index (χ3n) is 13.8. The lowest BCUT2D eigenvalue weighted by molar-refractivity contribution is -0.0231. The van der Waals surface area contributed by atoms with Gasteiger partial charge in [-0.1, -0.05) is 17.5 Å². The van der Waals surface area contributed by atoms with Gasteiger partial charge < -0.3 is 57.3 Å². The number of benzene rings is 1. The van der Waals surface area contributed by atoms with Gasteiger partial charge in [0.1, 0.15) is 12.2 Å². The van der Waals surface area contributed by atoms with Crippen molar-refractivity contribution in [3.8, 4) is 12.3 Å². The molecular weight excluding hydrogens is 1060 g/mol. The van der Waals surface area contributed by atoms with Gasteiger partial charge in [-0.2, -0.15) is 5.10 Å². The number of hydrogen-bond donors (Lipinski definition) is 1. The molecule has 1 saturated carbocycles. The number of piperidine rings is 1. The van der Waals surface area contributed by atoms with Crippen LogP contribution in [0.25, 0.3) is 5.65 Å². The summed E-state index contributed by atoms with van der Waals surface area (Å²) in [6.45, 7) is 22.4. The van der Waals surface area contributed by atoms with E-state index in [0.29, 0.717) is 136 Å². The molecule has 23 heteroatoms. The van der Waals surface area contributed by atoms with E-state index in [-0.39, 0.29) is 41.3 Å². The molecule has 2 aliphatic heterocycles. The third kappa shape index (κ3) is 22.6. The van der Waals surface area contributed by atoms with E-state index >= 15 is 0 Å². The van der Waals surface area contributed by atoms with Crippen LogP contribution in [0.4, 0.5) is 10.5 Å². The molecule has 0 radical (unpaired) electrons. The Morgan fingerprint density at radius 3 is 1.91 bits per heavy atom. The highest BCUT2D eigenvalue weighted by atomic mass is 35.5. The van der Waals surface area contributed by atoms with Crippen molar-refractivity contribution in [1.82, 2.24) is 34.2 Å². The molecule has 0 bridgehead atoms. The molecular formula is C56H87ClN8O13S. The fraction of sp³-hybridized carbons (Fsp3) is 0.714. The first kappa shape index (κ1) is 64.0. The predicted octanol–water partition coefficient (Wildman–Crippen LogP) is 6.08. The summed E-state index contributed by atoms with van der Waals surface area (Å²) in [5.41, 5.74) is 3.16. The van der Waals surface area contributed by atoms with E-state index in [2.05, 4.69) is 27.4 Å². The van der Waals surface area contributed by atoms with Crippen molar-refractivity contribution in [3.63, 3.8) is 0 Å². The number of hydrogen-bond acceptors (Lipinski definition) is 17. The monoisotopic (exact) mass is 1150 g/mol. The molecule has 1 N–H and O–H groups in total. The Kier molecular flexibility index (Phi) is 27.2. The Hall–Kier alpha value is -4.22. The number of anilines is 1. The van der Waals surface area contributed by atoms with Crippen molar-refractivity contribution in [3.05, 3.63) is 58.0 Å². The van der Waals surface area contributed by atoms with Crippen LogP contribution in [-0.2, 0) is 52.7 Å². The molecule has 21 nitrogen and oxygen atoms in total. The number of nitrogens with zero attached hydrogens (tertiary/aromatic N) is 7. The van der Waals surface area contributed by atoms with Crippen LogP contribution in [-0.4, -0.2) is 231 Å². The van der Waals surface area contributed by atoms with Crippen LogP contribution in [0.2, 0.25) is 5.02 Å². The molecule has 3 fully saturated rings. The topological polar surface area (TPSA) is 207 Å². The normalized spacial score (nSPS) is 18.5. The Morgan fingerprint density at radius 2 is 1.34 bits per heavy atom. The van der Waals surface area contributed by atoms with Crippen LogP contribution < -0.4 is 4.72 Å². The van der Waals surface area contributed by atoms with Gasteiger partial charge >= 0.3 is 6.09 Å². The van der Waals surface area contributed by atoms with E-state index in [9.17, 15) is 18.0 Å². The second kappa shape index (κ2) is 33.6. The minimum Gasteiger partial charge on any atom is -0.444 e. The number of carbonyl (C=O) groups is 2. The van der Waals surface area contributed by atoms with Gasteiger partial charge in [0, 0.05) is 75.1 Å². The maximum absolute atomic E-state index is 14.2. The number of nitrogens with one attached hydrogen (secondary N) is 1. The van der Waals surface area contributed by atoms with Gasteiger partial charge in [-0.25, -0.2) is 22.7 Å². The van der Waals surface area contributed by atoms with Crippen molar-refractivity contribution in [1.29, 1.82) is 0 Å². The lowest BCUT2D eigenvalue weighted by Gasteiger charge is -2.36. The fourth-order valence-electron chi connectivity index (χ4n) is 10.0. The molecule has 2 aromatic heterocycles. The van der Waals surface area contributed by atoms with Gasteiger partial charge in [0.25, 0.3) is 5.91 Å². The minimum absolute atomic E-state index is 0.0126. The summed E-state index contributed by atoms with van der Waals surface area (Å²) < 4.78 is 78.8. The number of halogens is 1. The molecule has 0 spiro atoms. The number of terminal acetylenes is 1. The summed E-state index contributed by atoms with van der Waals surface area (Å²) in [5.74, 6) is 2.23. The number of aromatic nitrogens is 3. The SMILES string of the molecule is C#CCOCCOCCOCCOCCOCCOCCOCCOCCN1CCN(CCCN(C(=O)OC(C)(C)C)[C@H]2CCC(c3nc4cc([C@@H]5CCCCN5C(=O)c5cc(Cl)ccc5NS(C)(=O)=O)nn4cc3C)C2)CC1. The number of rotatable bonds is 35. The highest BCUT2D eigenvalue weighted by Gasteiger charge is 2.37. The molecule has 2 amide bonds. The van der Waals surface area contributed by atoms with Crippen LogP contribution in [0.3, 0.4) is 0 Å².